The predicted octanol–water partition coefficient (Wildman–Crippen LogP) is 0.392. The van der Waals surface area contributed by atoms with E-state index in [1.807, 2.05) is 6.92 Å². The van der Waals surface area contributed by atoms with Crippen LogP contribution in [0.15, 0.2) is 0 Å². The topological polar surface area (TPSA) is 75.6 Å². The molecule has 1 aliphatic rings. The van der Waals surface area contributed by atoms with Crippen molar-refractivity contribution in [2.75, 3.05) is 13.2 Å². The molecule has 1 fully saturated rings. The molecule has 1 amide bonds. The third-order valence-corrected chi connectivity index (χ3v) is 2.58. The van der Waals surface area contributed by atoms with Gasteiger partial charge >= 0.3 is 5.97 Å². The standard InChI is InChI=1S/C10H17NO4/c1-2-15-6-9(12)11-8-4-3-7(5-8)10(13)14/h7-8H,2-6H2,1H3,(H,11,12)(H,13,14)/t7-,8+/m1/s1. The van der Waals surface area contributed by atoms with E-state index in [4.69, 9.17) is 9.84 Å². The van der Waals surface area contributed by atoms with Crippen LogP contribution in [-0.2, 0) is 14.3 Å². The fraction of sp³-hybridized carbons (Fsp3) is 0.800. The number of ether oxygens (including phenoxy) is 1. The van der Waals surface area contributed by atoms with E-state index >= 15 is 0 Å². The lowest BCUT2D eigenvalue weighted by Crippen LogP contribution is -2.35. The zero-order valence-corrected chi connectivity index (χ0v) is 8.86. The van der Waals surface area contributed by atoms with Crippen LogP contribution in [0.1, 0.15) is 26.2 Å². The van der Waals surface area contributed by atoms with E-state index in [0.717, 1.165) is 6.42 Å². The summed E-state index contributed by atoms with van der Waals surface area (Å²) in [6, 6.07) is -0.000874. The Balaban J connectivity index is 2.23. The maximum absolute atomic E-state index is 11.3. The van der Waals surface area contributed by atoms with Gasteiger partial charge in [0.05, 0.1) is 5.92 Å². The molecule has 0 heterocycles. The van der Waals surface area contributed by atoms with E-state index in [1.54, 1.807) is 0 Å². The SMILES string of the molecule is CCOCC(=O)N[C@H]1CC[C@@H](C(=O)O)C1. The molecule has 0 aromatic carbocycles. The summed E-state index contributed by atoms with van der Waals surface area (Å²) in [7, 11) is 0. The maximum Gasteiger partial charge on any atom is 0.306 e. The van der Waals surface area contributed by atoms with Crippen molar-refractivity contribution in [2.45, 2.75) is 32.2 Å². The van der Waals surface area contributed by atoms with Crippen LogP contribution in [0.4, 0.5) is 0 Å². The number of carboxylic acids is 1. The molecule has 0 spiro atoms. The number of hydrogen-bond acceptors (Lipinski definition) is 3. The minimum absolute atomic E-state index is 0.000874. The van der Waals surface area contributed by atoms with Gasteiger partial charge in [-0.05, 0) is 26.2 Å². The van der Waals surface area contributed by atoms with Crippen molar-refractivity contribution in [3.05, 3.63) is 0 Å². The zero-order valence-electron chi connectivity index (χ0n) is 8.86. The Morgan fingerprint density at radius 3 is 2.73 bits per heavy atom. The van der Waals surface area contributed by atoms with Crippen molar-refractivity contribution in [3.63, 3.8) is 0 Å². The van der Waals surface area contributed by atoms with Gasteiger partial charge in [0, 0.05) is 12.6 Å². The molecular weight excluding hydrogens is 198 g/mol. The smallest absolute Gasteiger partial charge is 0.306 e. The number of aliphatic carboxylic acids is 1. The van der Waals surface area contributed by atoms with Crippen molar-refractivity contribution >= 4 is 11.9 Å². The molecule has 0 bridgehead atoms. The Morgan fingerprint density at radius 1 is 1.47 bits per heavy atom. The van der Waals surface area contributed by atoms with Crippen LogP contribution in [0.25, 0.3) is 0 Å². The van der Waals surface area contributed by atoms with E-state index in [-0.39, 0.29) is 24.5 Å². The highest BCUT2D eigenvalue weighted by molar-refractivity contribution is 5.78. The summed E-state index contributed by atoms with van der Waals surface area (Å²) in [6.45, 7) is 2.39. The summed E-state index contributed by atoms with van der Waals surface area (Å²) in [5.74, 6) is -1.23. The van der Waals surface area contributed by atoms with Crippen molar-refractivity contribution < 1.29 is 19.4 Å². The van der Waals surface area contributed by atoms with Crippen LogP contribution in [0, 0.1) is 5.92 Å². The minimum Gasteiger partial charge on any atom is -0.481 e. The summed E-state index contributed by atoms with van der Waals surface area (Å²) >= 11 is 0. The highest BCUT2D eigenvalue weighted by Gasteiger charge is 2.30. The van der Waals surface area contributed by atoms with Gasteiger partial charge in [-0.1, -0.05) is 0 Å². The highest BCUT2D eigenvalue weighted by atomic mass is 16.5. The molecule has 15 heavy (non-hydrogen) atoms. The van der Waals surface area contributed by atoms with Crippen LogP contribution >= 0.6 is 0 Å². The van der Waals surface area contributed by atoms with Crippen LogP contribution < -0.4 is 5.32 Å². The van der Waals surface area contributed by atoms with Crippen LogP contribution in [0.5, 0.6) is 0 Å². The quantitative estimate of drug-likeness (QED) is 0.695. The van der Waals surface area contributed by atoms with Gasteiger partial charge in [0.1, 0.15) is 6.61 Å². The molecule has 2 atom stereocenters. The van der Waals surface area contributed by atoms with Gasteiger partial charge in [-0.3, -0.25) is 9.59 Å². The van der Waals surface area contributed by atoms with Gasteiger partial charge in [-0.15, -0.1) is 0 Å². The molecule has 1 aliphatic carbocycles. The number of carboxylic acid groups (broad SMARTS) is 1. The third kappa shape index (κ3) is 3.87. The van der Waals surface area contributed by atoms with Gasteiger partial charge in [-0.2, -0.15) is 0 Å². The molecule has 0 aromatic heterocycles. The number of amides is 1. The molecule has 0 unspecified atom stereocenters. The minimum atomic E-state index is -0.767. The first kappa shape index (κ1) is 12.0. The Kier molecular flexibility index (Phi) is 4.55. The molecule has 5 heteroatoms. The molecular formula is C10H17NO4. The number of rotatable bonds is 5. The Morgan fingerprint density at radius 2 is 2.20 bits per heavy atom. The molecule has 0 radical (unpaired) electrons. The second-order valence-electron chi connectivity index (χ2n) is 3.75. The first-order valence-electron chi connectivity index (χ1n) is 5.23. The number of hydrogen-bond donors (Lipinski definition) is 2. The van der Waals surface area contributed by atoms with Crippen molar-refractivity contribution in [3.8, 4) is 0 Å². The summed E-state index contributed by atoms with van der Waals surface area (Å²) < 4.78 is 4.95. The van der Waals surface area contributed by atoms with E-state index in [2.05, 4.69) is 5.32 Å². The van der Waals surface area contributed by atoms with Crippen molar-refractivity contribution in [1.29, 1.82) is 0 Å². The van der Waals surface area contributed by atoms with Gasteiger partial charge in [0.2, 0.25) is 5.91 Å². The van der Waals surface area contributed by atoms with Gasteiger partial charge < -0.3 is 15.2 Å². The number of carbonyl (C=O) groups excluding carboxylic acids is 1. The zero-order chi connectivity index (χ0) is 11.3. The normalized spacial score (nSPS) is 25.1. The van der Waals surface area contributed by atoms with Crippen LogP contribution in [-0.4, -0.2) is 36.2 Å². The average molecular weight is 215 g/mol. The van der Waals surface area contributed by atoms with Crippen molar-refractivity contribution in [2.24, 2.45) is 5.92 Å². The fourth-order valence-corrected chi connectivity index (χ4v) is 1.80. The molecule has 0 aliphatic heterocycles. The lowest BCUT2D eigenvalue weighted by Gasteiger charge is -2.11. The van der Waals surface area contributed by atoms with Gasteiger partial charge in [0.15, 0.2) is 0 Å². The largest absolute Gasteiger partial charge is 0.481 e. The molecule has 1 rings (SSSR count). The summed E-state index contributed by atoms with van der Waals surface area (Å²) in [5, 5.41) is 11.5. The van der Waals surface area contributed by atoms with E-state index in [1.165, 1.54) is 0 Å². The Bertz CT molecular complexity index is 242. The van der Waals surface area contributed by atoms with Crippen LogP contribution in [0.3, 0.4) is 0 Å². The maximum atomic E-state index is 11.3. The summed E-state index contributed by atoms with van der Waals surface area (Å²) in [4.78, 5) is 21.9. The van der Waals surface area contributed by atoms with Gasteiger partial charge in [0.25, 0.3) is 0 Å². The van der Waals surface area contributed by atoms with E-state index in [0.29, 0.717) is 19.4 Å². The van der Waals surface area contributed by atoms with E-state index in [9.17, 15) is 9.59 Å². The lowest BCUT2D eigenvalue weighted by atomic mass is 10.1. The van der Waals surface area contributed by atoms with Crippen LogP contribution in [0.2, 0.25) is 0 Å². The van der Waals surface area contributed by atoms with E-state index < -0.39 is 5.97 Å². The van der Waals surface area contributed by atoms with Gasteiger partial charge in [-0.25, -0.2) is 0 Å². The summed E-state index contributed by atoms with van der Waals surface area (Å²) in [6.07, 6.45) is 1.93. The Labute approximate surface area is 88.8 Å². The average Bonchev–Trinajstić information content (AvgIpc) is 2.63. The molecule has 86 valence electrons. The highest BCUT2D eigenvalue weighted by Crippen LogP contribution is 2.25. The lowest BCUT2D eigenvalue weighted by molar-refractivity contribution is -0.141. The molecule has 2 N–H and O–H groups in total. The summed E-state index contributed by atoms with van der Waals surface area (Å²) in [5.41, 5.74) is 0. The second-order valence-corrected chi connectivity index (χ2v) is 3.75. The first-order valence-corrected chi connectivity index (χ1v) is 5.23. The third-order valence-electron chi connectivity index (χ3n) is 2.58. The molecule has 0 saturated heterocycles. The second kappa shape index (κ2) is 5.70. The monoisotopic (exact) mass is 215 g/mol. The predicted molar refractivity (Wildman–Crippen MR) is 53.4 cm³/mol. The first-order chi connectivity index (χ1) is 7.13. The molecule has 5 nitrogen and oxygen atoms in total. The molecule has 1 saturated carbocycles. The number of carbonyl (C=O) groups is 2. The molecule has 0 aromatic rings. The fourth-order valence-electron chi connectivity index (χ4n) is 1.80. The number of nitrogens with one attached hydrogen (secondary N) is 1. The van der Waals surface area contributed by atoms with Crippen molar-refractivity contribution in [1.82, 2.24) is 5.32 Å². The Hall–Kier alpha value is -1.10.